The monoisotopic (exact) mass is 211 g/mol. The van der Waals surface area contributed by atoms with Crippen LogP contribution in [0.1, 0.15) is 19.8 Å². The van der Waals surface area contributed by atoms with E-state index in [1.54, 1.807) is 6.92 Å². The summed E-state index contributed by atoms with van der Waals surface area (Å²) in [6.45, 7) is 7.39. The van der Waals surface area contributed by atoms with Crippen LogP contribution in [0.25, 0.3) is 0 Å². The van der Waals surface area contributed by atoms with E-state index in [-0.39, 0.29) is 5.91 Å². The first-order valence-electron chi connectivity index (χ1n) is 5.39. The van der Waals surface area contributed by atoms with Crippen molar-refractivity contribution in [1.82, 2.24) is 15.3 Å². The van der Waals surface area contributed by atoms with E-state index in [0.29, 0.717) is 11.6 Å². The summed E-state index contributed by atoms with van der Waals surface area (Å²) < 4.78 is 0. The molecule has 86 valence electrons. The first kappa shape index (κ1) is 12.2. The van der Waals surface area contributed by atoms with Crippen molar-refractivity contribution in [2.75, 3.05) is 27.2 Å². The zero-order chi connectivity index (χ0) is 11.4. The van der Waals surface area contributed by atoms with Crippen LogP contribution in [0.4, 0.5) is 0 Å². The van der Waals surface area contributed by atoms with Gasteiger partial charge in [0.25, 0.3) is 0 Å². The molecule has 0 aliphatic carbocycles. The molecule has 1 rings (SSSR count). The van der Waals surface area contributed by atoms with Gasteiger partial charge < -0.3 is 5.32 Å². The van der Waals surface area contributed by atoms with Gasteiger partial charge in [0.05, 0.1) is 0 Å². The maximum atomic E-state index is 11.4. The molecule has 1 fully saturated rings. The number of hydrogen-bond donors (Lipinski definition) is 1. The first-order valence-corrected chi connectivity index (χ1v) is 5.39. The zero-order valence-corrected chi connectivity index (χ0v) is 9.92. The van der Waals surface area contributed by atoms with Gasteiger partial charge in [-0.2, -0.15) is 0 Å². The standard InChI is InChI=1S/C11H21N3O/c1-9(2)11(15)12-10-5-7-14(8-6-10)13(3)4/h10H,1,5-8H2,2-4H3,(H,12,15). The quantitative estimate of drug-likeness (QED) is 0.695. The molecule has 0 aromatic carbocycles. The number of carbonyl (C=O) groups excluding carboxylic acids is 1. The van der Waals surface area contributed by atoms with E-state index in [9.17, 15) is 4.79 Å². The molecular formula is C11H21N3O. The Morgan fingerprint density at radius 2 is 1.93 bits per heavy atom. The molecule has 1 aliphatic heterocycles. The number of amides is 1. The zero-order valence-electron chi connectivity index (χ0n) is 9.92. The van der Waals surface area contributed by atoms with E-state index in [2.05, 4.69) is 21.9 Å². The summed E-state index contributed by atoms with van der Waals surface area (Å²) in [5, 5.41) is 7.38. The van der Waals surface area contributed by atoms with E-state index in [1.807, 2.05) is 14.1 Å². The lowest BCUT2D eigenvalue weighted by Crippen LogP contribution is -2.48. The minimum atomic E-state index is -0.0155. The fourth-order valence-corrected chi connectivity index (χ4v) is 1.72. The molecule has 4 nitrogen and oxygen atoms in total. The Morgan fingerprint density at radius 3 is 2.33 bits per heavy atom. The highest BCUT2D eigenvalue weighted by molar-refractivity contribution is 5.92. The second kappa shape index (κ2) is 5.28. The van der Waals surface area contributed by atoms with E-state index in [4.69, 9.17) is 0 Å². The minimum Gasteiger partial charge on any atom is -0.350 e. The highest BCUT2D eigenvalue weighted by atomic mass is 16.1. The lowest BCUT2D eigenvalue weighted by atomic mass is 10.1. The van der Waals surface area contributed by atoms with Gasteiger partial charge >= 0.3 is 0 Å². The molecule has 1 N–H and O–H groups in total. The van der Waals surface area contributed by atoms with E-state index >= 15 is 0 Å². The van der Waals surface area contributed by atoms with Gasteiger partial charge in [0.2, 0.25) is 5.91 Å². The van der Waals surface area contributed by atoms with Crippen LogP contribution in [0.2, 0.25) is 0 Å². The molecule has 0 aromatic rings. The van der Waals surface area contributed by atoms with Gasteiger partial charge in [-0.05, 0) is 19.8 Å². The highest BCUT2D eigenvalue weighted by Gasteiger charge is 2.21. The molecule has 1 amide bonds. The molecule has 1 aliphatic rings. The summed E-state index contributed by atoms with van der Waals surface area (Å²) in [5.74, 6) is -0.0155. The van der Waals surface area contributed by atoms with Crippen molar-refractivity contribution in [3.05, 3.63) is 12.2 Å². The summed E-state index contributed by atoms with van der Waals surface area (Å²) in [4.78, 5) is 11.4. The van der Waals surface area contributed by atoms with E-state index in [1.165, 1.54) is 0 Å². The molecule has 4 heteroatoms. The highest BCUT2D eigenvalue weighted by Crippen LogP contribution is 2.11. The topological polar surface area (TPSA) is 35.6 Å². The molecule has 15 heavy (non-hydrogen) atoms. The number of nitrogens with zero attached hydrogens (tertiary/aromatic N) is 2. The summed E-state index contributed by atoms with van der Waals surface area (Å²) >= 11 is 0. The number of nitrogens with one attached hydrogen (secondary N) is 1. The number of hydrazine groups is 1. The Morgan fingerprint density at radius 1 is 1.40 bits per heavy atom. The van der Waals surface area contributed by atoms with Crippen LogP contribution in [0, 0.1) is 0 Å². The van der Waals surface area contributed by atoms with E-state index < -0.39 is 0 Å². The Balaban J connectivity index is 2.32. The third-order valence-corrected chi connectivity index (χ3v) is 2.76. The van der Waals surface area contributed by atoms with Crippen molar-refractivity contribution in [1.29, 1.82) is 0 Å². The van der Waals surface area contributed by atoms with Gasteiger partial charge in [-0.15, -0.1) is 0 Å². The van der Waals surface area contributed by atoms with Gasteiger partial charge in [0.1, 0.15) is 0 Å². The van der Waals surface area contributed by atoms with Gasteiger partial charge in [0, 0.05) is 38.8 Å². The van der Waals surface area contributed by atoms with Gasteiger partial charge in [-0.25, -0.2) is 10.0 Å². The van der Waals surface area contributed by atoms with Crippen LogP contribution in [0.5, 0.6) is 0 Å². The van der Waals surface area contributed by atoms with Crippen molar-refractivity contribution in [2.24, 2.45) is 0 Å². The van der Waals surface area contributed by atoms with Crippen LogP contribution < -0.4 is 5.32 Å². The molecule has 0 saturated carbocycles. The molecule has 0 bridgehead atoms. The van der Waals surface area contributed by atoms with Gasteiger partial charge in [-0.3, -0.25) is 4.79 Å². The average molecular weight is 211 g/mol. The Kier molecular flexibility index (Phi) is 4.29. The van der Waals surface area contributed by atoms with Crippen molar-refractivity contribution in [3.63, 3.8) is 0 Å². The Labute approximate surface area is 91.9 Å². The maximum Gasteiger partial charge on any atom is 0.246 e. The van der Waals surface area contributed by atoms with Crippen LogP contribution >= 0.6 is 0 Å². The minimum absolute atomic E-state index is 0.0155. The summed E-state index contributed by atoms with van der Waals surface area (Å²) in [6, 6.07) is 0.311. The fourth-order valence-electron chi connectivity index (χ4n) is 1.72. The van der Waals surface area contributed by atoms with Crippen LogP contribution in [-0.4, -0.2) is 49.2 Å². The summed E-state index contributed by atoms with van der Waals surface area (Å²) in [5.41, 5.74) is 0.588. The van der Waals surface area contributed by atoms with Crippen molar-refractivity contribution >= 4 is 5.91 Å². The van der Waals surface area contributed by atoms with Crippen LogP contribution in [-0.2, 0) is 4.79 Å². The lowest BCUT2D eigenvalue weighted by molar-refractivity contribution is -0.118. The number of piperidine rings is 1. The maximum absolute atomic E-state index is 11.4. The molecular weight excluding hydrogens is 190 g/mol. The van der Waals surface area contributed by atoms with Crippen LogP contribution in [0.15, 0.2) is 12.2 Å². The van der Waals surface area contributed by atoms with Crippen molar-refractivity contribution in [3.8, 4) is 0 Å². The third-order valence-electron chi connectivity index (χ3n) is 2.76. The molecule has 0 aromatic heterocycles. The molecule has 0 radical (unpaired) electrons. The summed E-state index contributed by atoms with van der Waals surface area (Å²) in [7, 11) is 4.10. The molecule has 1 saturated heterocycles. The molecule has 0 spiro atoms. The number of rotatable bonds is 3. The van der Waals surface area contributed by atoms with Crippen LogP contribution in [0.3, 0.4) is 0 Å². The fraction of sp³-hybridized carbons (Fsp3) is 0.727. The Hall–Kier alpha value is -0.870. The summed E-state index contributed by atoms with van der Waals surface area (Å²) in [6.07, 6.45) is 2.02. The third kappa shape index (κ3) is 3.64. The predicted molar refractivity (Wildman–Crippen MR) is 61.2 cm³/mol. The lowest BCUT2D eigenvalue weighted by Gasteiger charge is -2.36. The van der Waals surface area contributed by atoms with Crippen molar-refractivity contribution < 1.29 is 4.79 Å². The first-order chi connectivity index (χ1) is 7.00. The van der Waals surface area contributed by atoms with Gasteiger partial charge in [0.15, 0.2) is 0 Å². The van der Waals surface area contributed by atoms with Gasteiger partial charge in [-0.1, -0.05) is 6.58 Å². The molecule has 0 unspecified atom stereocenters. The molecule has 0 atom stereocenters. The Bertz CT molecular complexity index is 242. The second-order valence-electron chi connectivity index (χ2n) is 4.33. The van der Waals surface area contributed by atoms with E-state index in [0.717, 1.165) is 25.9 Å². The predicted octanol–water partition coefficient (Wildman–Crippen LogP) is 0.620. The second-order valence-corrected chi connectivity index (χ2v) is 4.33. The van der Waals surface area contributed by atoms with Crippen molar-refractivity contribution in [2.45, 2.75) is 25.8 Å². The SMILES string of the molecule is C=C(C)C(=O)NC1CCN(N(C)C)CC1. The number of hydrogen-bond acceptors (Lipinski definition) is 3. The normalized spacial score (nSPS) is 19.2. The number of carbonyl (C=O) groups is 1. The largest absolute Gasteiger partial charge is 0.350 e. The average Bonchev–Trinajstić information content (AvgIpc) is 2.18. The molecule has 1 heterocycles. The smallest absolute Gasteiger partial charge is 0.246 e.